The minimum absolute atomic E-state index is 0.279. The quantitative estimate of drug-likeness (QED) is 0.746. The Kier molecular flexibility index (Phi) is 2.23. The Hall–Kier alpha value is -1.42. The van der Waals surface area contributed by atoms with Crippen molar-refractivity contribution in [1.29, 1.82) is 0 Å². The summed E-state index contributed by atoms with van der Waals surface area (Å²) in [6, 6.07) is 1.87. The minimum Gasteiger partial charge on any atom is -0.358 e. The van der Waals surface area contributed by atoms with Gasteiger partial charge in [0.25, 0.3) is 0 Å². The third-order valence-corrected chi connectivity index (χ3v) is 2.51. The molecule has 4 heteroatoms. The summed E-state index contributed by atoms with van der Waals surface area (Å²) in [5.41, 5.74) is 7.70. The molecule has 1 aromatic heterocycles. The van der Waals surface area contributed by atoms with Crippen LogP contribution in [0, 0.1) is 18.6 Å². The number of halogens is 2. The number of aryl methyl sites for hydroxylation is 1. The molecule has 2 rings (SSSR count). The maximum absolute atomic E-state index is 13.6. The standard InChI is InChI=1S/C11H12F2N2/c1-5(14)10-6(2)15-9-4-7(12)3-8(13)11(9)10/h3-5,15H,14H2,1-2H3. The summed E-state index contributed by atoms with van der Waals surface area (Å²) in [5, 5.41) is 0.393. The maximum Gasteiger partial charge on any atom is 0.135 e. The lowest BCUT2D eigenvalue weighted by atomic mass is 10.0. The molecule has 0 radical (unpaired) electrons. The predicted octanol–water partition coefficient (Wildman–Crippen LogP) is 2.77. The van der Waals surface area contributed by atoms with Gasteiger partial charge in [0.05, 0.1) is 5.52 Å². The molecule has 1 unspecified atom stereocenters. The molecule has 0 aliphatic rings. The zero-order valence-electron chi connectivity index (χ0n) is 8.57. The molecule has 2 aromatic rings. The summed E-state index contributed by atoms with van der Waals surface area (Å²) >= 11 is 0. The molecule has 3 N–H and O–H groups in total. The summed E-state index contributed by atoms with van der Waals surface area (Å²) in [4.78, 5) is 2.93. The SMILES string of the molecule is Cc1[nH]c2cc(F)cc(F)c2c1C(C)N. The van der Waals surface area contributed by atoms with E-state index in [1.165, 1.54) is 6.07 Å². The highest BCUT2D eigenvalue weighted by molar-refractivity contribution is 5.85. The van der Waals surface area contributed by atoms with E-state index < -0.39 is 11.6 Å². The highest BCUT2D eigenvalue weighted by Gasteiger charge is 2.16. The smallest absolute Gasteiger partial charge is 0.135 e. The van der Waals surface area contributed by atoms with Gasteiger partial charge in [0.1, 0.15) is 11.6 Å². The first-order valence-corrected chi connectivity index (χ1v) is 4.73. The highest BCUT2D eigenvalue weighted by Crippen LogP contribution is 2.29. The third kappa shape index (κ3) is 1.51. The van der Waals surface area contributed by atoms with Crippen molar-refractivity contribution in [3.05, 3.63) is 35.0 Å². The van der Waals surface area contributed by atoms with E-state index in [4.69, 9.17) is 5.73 Å². The Morgan fingerprint density at radius 3 is 2.60 bits per heavy atom. The topological polar surface area (TPSA) is 41.8 Å². The largest absolute Gasteiger partial charge is 0.358 e. The molecule has 1 atom stereocenters. The van der Waals surface area contributed by atoms with Crippen molar-refractivity contribution in [2.75, 3.05) is 0 Å². The average Bonchev–Trinajstić information content (AvgIpc) is 2.40. The van der Waals surface area contributed by atoms with E-state index in [2.05, 4.69) is 4.98 Å². The van der Waals surface area contributed by atoms with Gasteiger partial charge in [-0.25, -0.2) is 8.78 Å². The van der Waals surface area contributed by atoms with Crippen LogP contribution < -0.4 is 5.73 Å². The number of nitrogens with one attached hydrogen (secondary N) is 1. The molecule has 0 amide bonds. The molecule has 1 aromatic carbocycles. The molecular weight excluding hydrogens is 198 g/mol. The van der Waals surface area contributed by atoms with Gasteiger partial charge in [-0.1, -0.05) is 0 Å². The number of hydrogen-bond acceptors (Lipinski definition) is 1. The van der Waals surface area contributed by atoms with Crippen LogP contribution in [0.15, 0.2) is 12.1 Å². The Bertz CT molecular complexity index is 515. The van der Waals surface area contributed by atoms with E-state index in [1.807, 2.05) is 0 Å². The number of aromatic amines is 1. The zero-order valence-corrected chi connectivity index (χ0v) is 8.57. The monoisotopic (exact) mass is 210 g/mol. The molecule has 15 heavy (non-hydrogen) atoms. The van der Waals surface area contributed by atoms with Gasteiger partial charge >= 0.3 is 0 Å². The van der Waals surface area contributed by atoms with Crippen LogP contribution in [-0.4, -0.2) is 4.98 Å². The highest BCUT2D eigenvalue weighted by atomic mass is 19.1. The van der Waals surface area contributed by atoms with Crippen LogP contribution in [0.5, 0.6) is 0 Å². The first-order chi connectivity index (χ1) is 7.00. The summed E-state index contributed by atoms with van der Waals surface area (Å²) in [6.07, 6.45) is 0. The number of rotatable bonds is 1. The Labute approximate surface area is 86.1 Å². The Morgan fingerprint density at radius 2 is 2.00 bits per heavy atom. The number of fused-ring (bicyclic) bond motifs is 1. The zero-order chi connectivity index (χ0) is 11.2. The number of nitrogens with two attached hydrogens (primary N) is 1. The van der Waals surface area contributed by atoms with Crippen molar-refractivity contribution in [3.8, 4) is 0 Å². The van der Waals surface area contributed by atoms with E-state index in [0.717, 1.165) is 11.8 Å². The third-order valence-electron chi connectivity index (χ3n) is 2.51. The Balaban J connectivity index is 2.87. The van der Waals surface area contributed by atoms with Crippen molar-refractivity contribution in [3.63, 3.8) is 0 Å². The second kappa shape index (κ2) is 3.31. The van der Waals surface area contributed by atoms with Crippen LogP contribution in [0.25, 0.3) is 10.9 Å². The van der Waals surface area contributed by atoms with E-state index in [1.54, 1.807) is 13.8 Å². The molecule has 0 saturated heterocycles. The number of hydrogen-bond donors (Lipinski definition) is 2. The van der Waals surface area contributed by atoms with E-state index in [0.29, 0.717) is 16.5 Å². The molecule has 0 fully saturated rings. The van der Waals surface area contributed by atoms with Crippen LogP contribution in [0.4, 0.5) is 8.78 Å². The average molecular weight is 210 g/mol. The fourth-order valence-electron chi connectivity index (χ4n) is 1.97. The van der Waals surface area contributed by atoms with Crippen LogP contribution in [0.1, 0.15) is 24.2 Å². The van der Waals surface area contributed by atoms with Crippen molar-refractivity contribution < 1.29 is 8.78 Å². The lowest BCUT2D eigenvalue weighted by Crippen LogP contribution is -2.06. The van der Waals surface area contributed by atoms with Crippen molar-refractivity contribution in [1.82, 2.24) is 4.98 Å². The van der Waals surface area contributed by atoms with Gasteiger partial charge in [-0.05, 0) is 25.5 Å². The lowest BCUT2D eigenvalue weighted by Gasteiger charge is -2.05. The van der Waals surface area contributed by atoms with Crippen molar-refractivity contribution in [2.45, 2.75) is 19.9 Å². The lowest BCUT2D eigenvalue weighted by molar-refractivity contribution is 0.591. The molecular formula is C11H12F2N2. The molecule has 2 nitrogen and oxygen atoms in total. The summed E-state index contributed by atoms with van der Waals surface area (Å²) in [6.45, 7) is 3.58. The summed E-state index contributed by atoms with van der Waals surface area (Å²) < 4.78 is 26.5. The number of aromatic nitrogens is 1. The fraction of sp³-hybridized carbons (Fsp3) is 0.273. The first kappa shape index (κ1) is 10.1. The van der Waals surface area contributed by atoms with Gasteiger partial charge in [0.2, 0.25) is 0 Å². The molecule has 0 bridgehead atoms. The second-order valence-electron chi connectivity index (χ2n) is 3.76. The molecule has 0 saturated carbocycles. The summed E-state index contributed by atoms with van der Waals surface area (Å²) in [5.74, 6) is -1.15. The van der Waals surface area contributed by atoms with E-state index >= 15 is 0 Å². The second-order valence-corrected chi connectivity index (χ2v) is 3.76. The van der Waals surface area contributed by atoms with Gasteiger partial charge in [-0.15, -0.1) is 0 Å². The first-order valence-electron chi connectivity index (χ1n) is 4.73. The van der Waals surface area contributed by atoms with Gasteiger partial charge < -0.3 is 10.7 Å². The molecule has 0 spiro atoms. The van der Waals surface area contributed by atoms with Gasteiger partial charge in [0, 0.05) is 23.2 Å². The van der Waals surface area contributed by atoms with Crippen molar-refractivity contribution >= 4 is 10.9 Å². The molecule has 0 aliphatic heterocycles. The number of benzene rings is 1. The minimum atomic E-state index is -0.586. The molecule has 1 heterocycles. The van der Waals surface area contributed by atoms with Crippen LogP contribution in [0.2, 0.25) is 0 Å². The summed E-state index contributed by atoms with van der Waals surface area (Å²) in [7, 11) is 0. The predicted molar refractivity (Wildman–Crippen MR) is 55.6 cm³/mol. The van der Waals surface area contributed by atoms with Gasteiger partial charge in [-0.2, -0.15) is 0 Å². The van der Waals surface area contributed by atoms with Crippen molar-refractivity contribution in [2.24, 2.45) is 5.73 Å². The van der Waals surface area contributed by atoms with Crippen LogP contribution in [-0.2, 0) is 0 Å². The maximum atomic E-state index is 13.6. The van der Waals surface area contributed by atoms with Gasteiger partial charge in [0.15, 0.2) is 0 Å². The number of H-pyrrole nitrogens is 1. The molecule has 0 aliphatic carbocycles. The normalized spacial score (nSPS) is 13.4. The van der Waals surface area contributed by atoms with E-state index in [9.17, 15) is 8.78 Å². The van der Waals surface area contributed by atoms with Crippen LogP contribution >= 0.6 is 0 Å². The van der Waals surface area contributed by atoms with Gasteiger partial charge in [-0.3, -0.25) is 0 Å². The van der Waals surface area contributed by atoms with Crippen LogP contribution in [0.3, 0.4) is 0 Å². The molecule has 80 valence electrons. The van der Waals surface area contributed by atoms with E-state index in [-0.39, 0.29) is 6.04 Å². The Morgan fingerprint density at radius 1 is 1.33 bits per heavy atom. The fourth-order valence-corrected chi connectivity index (χ4v) is 1.97.